The Morgan fingerprint density at radius 1 is 1.15 bits per heavy atom. The third kappa shape index (κ3) is 1.07. The average Bonchev–Trinajstić information content (AvgIpc) is 2.15. The van der Waals surface area contributed by atoms with Crippen LogP contribution in [0.15, 0.2) is 12.4 Å². The summed E-state index contributed by atoms with van der Waals surface area (Å²) in [5.41, 5.74) is 1.15. The molecule has 0 aromatic carbocycles. The van der Waals surface area contributed by atoms with Gasteiger partial charge in [-0.2, -0.15) is 0 Å². The van der Waals surface area contributed by atoms with E-state index in [1.807, 2.05) is 0 Å². The standard InChI is InChI=1S/C9H8N4/c1-5-8(11)6(10)4-7-9(5)13-3-2-12-7/h2-4,10-11H,1H3. The minimum Gasteiger partial charge on any atom is -0.299 e. The van der Waals surface area contributed by atoms with Gasteiger partial charge in [0.15, 0.2) is 0 Å². The highest BCUT2D eigenvalue weighted by atomic mass is 14.8. The first-order chi connectivity index (χ1) is 6.20. The highest BCUT2D eigenvalue weighted by Crippen LogP contribution is 1.97. The van der Waals surface area contributed by atoms with Gasteiger partial charge in [0.1, 0.15) is 0 Å². The van der Waals surface area contributed by atoms with Gasteiger partial charge in [-0.1, -0.05) is 0 Å². The summed E-state index contributed by atoms with van der Waals surface area (Å²) < 4.78 is 0. The Balaban J connectivity index is 2.97. The van der Waals surface area contributed by atoms with Crippen LogP contribution in [-0.4, -0.2) is 21.4 Å². The zero-order chi connectivity index (χ0) is 9.42. The Hall–Kier alpha value is -1.84. The lowest BCUT2D eigenvalue weighted by Gasteiger charge is -2.06. The van der Waals surface area contributed by atoms with Gasteiger partial charge in [-0.3, -0.25) is 20.8 Å². The van der Waals surface area contributed by atoms with E-state index in [2.05, 4.69) is 9.97 Å². The minimum atomic E-state index is 0.200. The second kappa shape index (κ2) is 2.58. The molecule has 2 rings (SSSR count). The van der Waals surface area contributed by atoms with Crippen molar-refractivity contribution in [3.8, 4) is 0 Å². The first-order valence-electron chi connectivity index (χ1n) is 3.87. The molecule has 0 fully saturated rings. The fourth-order valence-electron chi connectivity index (χ4n) is 1.27. The number of nitrogens with zero attached hydrogens (tertiary/aromatic N) is 2. The molecule has 0 aliphatic heterocycles. The molecule has 0 bridgehead atoms. The van der Waals surface area contributed by atoms with E-state index in [1.165, 1.54) is 0 Å². The van der Waals surface area contributed by atoms with Crippen LogP contribution in [0.2, 0.25) is 0 Å². The predicted octanol–water partition coefficient (Wildman–Crippen LogP) is -0.519. The van der Waals surface area contributed by atoms with Crippen LogP contribution in [-0.2, 0) is 0 Å². The van der Waals surface area contributed by atoms with Crippen molar-refractivity contribution in [1.29, 1.82) is 10.8 Å². The molecule has 1 aliphatic rings. The normalized spacial score (nSPS) is 15.3. The summed E-state index contributed by atoms with van der Waals surface area (Å²) in [7, 11) is 0. The van der Waals surface area contributed by atoms with Crippen LogP contribution in [0.4, 0.5) is 0 Å². The van der Waals surface area contributed by atoms with Crippen molar-refractivity contribution >= 4 is 23.1 Å². The van der Waals surface area contributed by atoms with Gasteiger partial charge in [0.2, 0.25) is 0 Å². The van der Waals surface area contributed by atoms with Crippen molar-refractivity contribution in [3.05, 3.63) is 23.1 Å². The topological polar surface area (TPSA) is 73.5 Å². The molecule has 1 heterocycles. The van der Waals surface area contributed by atoms with E-state index in [0.717, 1.165) is 5.57 Å². The summed E-state index contributed by atoms with van der Waals surface area (Å²) in [4.78, 5) is 8.20. The van der Waals surface area contributed by atoms with E-state index in [9.17, 15) is 0 Å². The lowest BCUT2D eigenvalue weighted by atomic mass is 10.0. The van der Waals surface area contributed by atoms with Crippen molar-refractivity contribution in [2.75, 3.05) is 0 Å². The van der Waals surface area contributed by atoms with Gasteiger partial charge in [-0.25, -0.2) is 0 Å². The number of fused-ring (bicyclic) bond motifs is 1. The molecule has 4 heteroatoms. The fourth-order valence-corrected chi connectivity index (χ4v) is 1.27. The van der Waals surface area contributed by atoms with Crippen LogP contribution in [0.5, 0.6) is 0 Å². The highest BCUT2D eigenvalue weighted by Gasteiger charge is 2.11. The SMILES string of the molecule is CC1=c2nccnc2=CC(=N)C1=N. The molecule has 1 aromatic heterocycles. The lowest BCUT2D eigenvalue weighted by molar-refractivity contribution is 1.09. The molecule has 4 nitrogen and oxygen atoms in total. The maximum atomic E-state index is 7.57. The largest absolute Gasteiger partial charge is 0.299 e. The van der Waals surface area contributed by atoms with Crippen LogP contribution in [0.3, 0.4) is 0 Å². The van der Waals surface area contributed by atoms with Crippen molar-refractivity contribution in [1.82, 2.24) is 9.97 Å². The zero-order valence-corrected chi connectivity index (χ0v) is 7.13. The van der Waals surface area contributed by atoms with Gasteiger partial charge >= 0.3 is 0 Å². The third-order valence-corrected chi connectivity index (χ3v) is 2.01. The van der Waals surface area contributed by atoms with E-state index >= 15 is 0 Å². The molecular formula is C9H8N4. The third-order valence-electron chi connectivity index (χ3n) is 2.01. The molecule has 0 amide bonds. The first kappa shape index (κ1) is 7.79. The Morgan fingerprint density at radius 2 is 1.85 bits per heavy atom. The molecular weight excluding hydrogens is 164 g/mol. The lowest BCUT2D eigenvalue weighted by Crippen LogP contribution is -2.40. The van der Waals surface area contributed by atoms with Crippen molar-refractivity contribution in [2.24, 2.45) is 0 Å². The number of rotatable bonds is 0. The molecule has 0 atom stereocenters. The van der Waals surface area contributed by atoms with Crippen LogP contribution >= 0.6 is 0 Å². The van der Waals surface area contributed by atoms with Gasteiger partial charge in [-0.15, -0.1) is 0 Å². The quantitative estimate of drug-likeness (QED) is 0.552. The Labute approximate surface area is 74.7 Å². The molecule has 64 valence electrons. The van der Waals surface area contributed by atoms with Crippen molar-refractivity contribution in [2.45, 2.75) is 6.92 Å². The molecule has 0 saturated heterocycles. The van der Waals surface area contributed by atoms with Crippen molar-refractivity contribution < 1.29 is 0 Å². The average molecular weight is 172 g/mol. The van der Waals surface area contributed by atoms with E-state index in [4.69, 9.17) is 10.8 Å². The summed E-state index contributed by atoms with van der Waals surface area (Å²) in [5, 5.41) is 16.5. The van der Waals surface area contributed by atoms with Gasteiger partial charge in [0, 0.05) is 18.0 Å². The van der Waals surface area contributed by atoms with E-state index in [0.29, 0.717) is 10.7 Å². The van der Waals surface area contributed by atoms with Crippen LogP contribution < -0.4 is 10.7 Å². The molecule has 13 heavy (non-hydrogen) atoms. The number of hydrogen-bond donors (Lipinski definition) is 2. The van der Waals surface area contributed by atoms with Gasteiger partial charge in [-0.05, 0) is 13.0 Å². The predicted molar refractivity (Wildman–Crippen MR) is 50.3 cm³/mol. The molecule has 1 aliphatic carbocycles. The smallest absolute Gasteiger partial charge is 0.0938 e. The van der Waals surface area contributed by atoms with Gasteiger partial charge < -0.3 is 0 Å². The number of aromatic nitrogens is 2. The summed E-state index contributed by atoms with van der Waals surface area (Å²) in [6.45, 7) is 1.79. The maximum Gasteiger partial charge on any atom is 0.0938 e. The molecule has 2 N–H and O–H groups in total. The fraction of sp³-hybridized carbons (Fsp3) is 0.111. The molecule has 0 radical (unpaired) electrons. The van der Waals surface area contributed by atoms with E-state index < -0.39 is 0 Å². The number of nitrogens with one attached hydrogen (secondary N) is 2. The van der Waals surface area contributed by atoms with E-state index in [1.54, 1.807) is 25.4 Å². The van der Waals surface area contributed by atoms with Gasteiger partial charge in [0.05, 0.1) is 22.1 Å². The molecule has 0 spiro atoms. The summed E-state index contributed by atoms with van der Waals surface area (Å²) in [6, 6.07) is 0. The molecule has 1 aromatic rings. The number of hydrogen-bond acceptors (Lipinski definition) is 4. The van der Waals surface area contributed by atoms with Gasteiger partial charge in [0.25, 0.3) is 0 Å². The monoisotopic (exact) mass is 172 g/mol. The zero-order valence-electron chi connectivity index (χ0n) is 7.13. The Kier molecular flexibility index (Phi) is 1.55. The second-order valence-electron chi connectivity index (χ2n) is 2.85. The Morgan fingerprint density at radius 3 is 2.62 bits per heavy atom. The van der Waals surface area contributed by atoms with Crippen LogP contribution in [0.25, 0.3) is 11.6 Å². The maximum absolute atomic E-state index is 7.57. The van der Waals surface area contributed by atoms with E-state index in [-0.39, 0.29) is 11.4 Å². The summed E-state index contributed by atoms with van der Waals surface area (Å²) in [5.74, 6) is 0. The van der Waals surface area contributed by atoms with Crippen LogP contribution in [0.1, 0.15) is 6.92 Å². The van der Waals surface area contributed by atoms with Crippen LogP contribution in [0, 0.1) is 10.8 Å². The highest BCUT2D eigenvalue weighted by molar-refractivity contribution is 6.62. The minimum absolute atomic E-state index is 0.200. The Bertz CT molecular complexity index is 513. The molecule has 0 saturated carbocycles. The summed E-state index contributed by atoms with van der Waals surface area (Å²) in [6.07, 6.45) is 4.75. The second-order valence-corrected chi connectivity index (χ2v) is 2.85. The first-order valence-corrected chi connectivity index (χ1v) is 3.87. The van der Waals surface area contributed by atoms with Crippen molar-refractivity contribution in [3.63, 3.8) is 0 Å². The molecule has 0 unspecified atom stereocenters. The summed E-state index contributed by atoms with van der Waals surface area (Å²) >= 11 is 0.